The SMILES string of the molecule is CCSCCOc1cc(OC)ccc1CNC(C)C. The maximum atomic E-state index is 5.87. The molecule has 0 aliphatic carbocycles. The Kier molecular flexibility index (Phi) is 7.75. The maximum absolute atomic E-state index is 5.87. The highest BCUT2D eigenvalue weighted by Crippen LogP contribution is 2.25. The summed E-state index contributed by atoms with van der Waals surface area (Å²) in [6.07, 6.45) is 0. The van der Waals surface area contributed by atoms with Gasteiger partial charge in [-0.05, 0) is 11.8 Å². The second kappa shape index (κ2) is 9.10. The Morgan fingerprint density at radius 3 is 2.74 bits per heavy atom. The van der Waals surface area contributed by atoms with E-state index in [1.807, 2.05) is 23.9 Å². The number of nitrogens with one attached hydrogen (secondary N) is 1. The van der Waals surface area contributed by atoms with Crippen molar-refractivity contribution in [1.29, 1.82) is 0 Å². The van der Waals surface area contributed by atoms with Crippen LogP contribution >= 0.6 is 11.8 Å². The lowest BCUT2D eigenvalue weighted by atomic mass is 10.2. The van der Waals surface area contributed by atoms with Crippen molar-refractivity contribution >= 4 is 11.8 Å². The second-order valence-electron chi connectivity index (χ2n) is 4.55. The fourth-order valence-corrected chi connectivity index (χ4v) is 2.10. The smallest absolute Gasteiger partial charge is 0.127 e. The van der Waals surface area contributed by atoms with Crippen LogP contribution in [-0.2, 0) is 6.54 Å². The Labute approximate surface area is 121 Å². The van der Waals surface area contributed by atoms with E-state index in [9.17, 15) is 0 Å². The number of methoxy groups -OCH3 is 1. The first-order chi connectivity index (χ1) is 9.17. The lowest BCUT2D eigenvalue weighted by Crippen LogP contribution is -2.22. The Morgan fingerprint density at radius 1 is 1.32 bits per heavy atom. The molecule has 1 aromatic carbocycles. The first kappa shape index (κ1) is 16.2. The normalized spacial score (nSPS) is 10.8. The molecule has 0 fully saturated rings. The summed E-state index contributed by atoms with van der Waals surface area (Å²) in [5.74, 6) is 3.91. The molecule has 0 aliphatic heterocycles. The van der Waals surface area contributed by atoms with Crippen LogP contribution in [0.25, 0.3) is 0 Å². The van der Waals surface area contributed by atoms with Gasteiger partial charge < -0.3 is 14.8 Å². The van der Waals surface area contributed by atoms with Gasteiger partial charge in [-0.1, -0.05) is 26.8 Å². The van der Waals surface area contributed by atoms with Crippen LogP contribution in [0.4, 0.5) is 0 Å². The molecule has 1 rings (SSSR count). The van der Waals surface area contributed by atoms with E-state index in [4.69, 9.17) is 9.47 Å². The largest absolute Gasteiger partial charge is 0.497 e. The van der Waals surface area contributed by atoms with Gasteiger partial charge in [0.2, 0.25) is 0 Å². The molecule has 0 unspecified atom stereocenters. The molecule has 0 atom stereocenters. The van der Waals surface area contributed by atoms with Crippen molar-refractivity contribution in [1.82, 2.24) is 5.32 Å². The molecule has 0 radical (unpaired) electrons. The van der Waals surface area contributed by atoms with Crippen molar-refractivity contribution in [2.75, 3.05) is 25.2 Å². The average molecular weight is 283 g/mol. The number of ether oxygens (including phenoxy) is 2. The highest BCUT2D eigenvalue weighted by atomic mass is 32.2. The summed E-state index contributed by atoms with van der Waals surface area (Å²) in [6, 6.07) is 6.47. The van der Waals surface area contributed by atoms with Gasteiger partial charge in [0.05, 0.1) is 13.7 Å². The minimum absolute atomic E-state index is 0.464. The fourth-order valence-electron chi connectivity index (χ4n) is 1.61. The number of hydrogen-bond acceptors (Lipinski definition) is 4. The standard InChI is InChI=1S/C15H25NO2S/c1-5-19-9-8-18-15-10-14(17-4)7-6-13(15)11-16-12(2)3/h6-7,10,12,16H,5,8-9,11H2,1-4H3. The Morgan fingerprint density at radius 2 is 2.11 bits per heavy atom. The third-order valence-electron chi connectivity index (χ3n) is 2.66. The van der Waals surface area contributed by atoms with Gasteiger partial charge in [-0.15, -0.1) is 0 Å². The molecule has 0 aliphatic rings. The minimum atomic E-state index is 0.464. The molecular formula is C15H25NO2S. The van der Waals surface area contributed by atoms with E-state index in [0.29, 0.717) is 6.04 Å². The molecule has 0 spiro atoms. The molecule has 0 amide bonds. The molecule has 0 bridgehead atoms. The van der Waals surface area contributed by atoms with Crippen LogP contribution in [0.5, 0.6) is 11.5 Å². The van der Waals surface area contributed by atoms with Crippen LogP contribution in [-0.4, -0.2) is 31.3 Å². The van der Waals surface area contributed by atoms with Crippen LogP contribution < -0.4 is 14.8 Å². The molecule has 1 N–H and O–H groups in total. The molecule has 4 heteroatoms. The monoisotopic (exact) mass is 283 g/mol. The Hall–Kier alpha value is -0.870. The average Bonchev–Trinajstić information content (AvgIpc) is 2.41. The van der Waals surface area contributed by atoms with Gasteiger partial charge in [0.15, 0.2) is 0 Å². The minimum Gasteiger partial charge on any atom is -0.497 e. The topological polar surface area (TPSA) is 30.5 Å². The lowest BCUT2D eigenvalue weighted by Gasteiger charge is -2.15. The van der Waals surface area contributed by atoms with E-state index < -0.39 is 0 Å². The summed E-state index contributed by atoms with van der Waals surface area (Å²) in [7, 11) is 1.68. The van der Waals surface area contributed by atoms with Gasteiger partial charge in [0.1, 0.15) is 11.5 Å². The number of rotatable bonds is 9. The third-order valence-corrected chi connectivity index (χ3v) is 3.53. The fraction of sp³-hybridized carbons (Fsp3) is 0.600. The molecule has 1 aromatic rings. The second-order valence-corrected chi connectivity index (χ2v) is 5.95. The zero-order chi connectivity index (χ0) is 14.1. The summed E-state index contributed by atoms with van der Waals surface area (Å²) in [5.41, 5.74) is 1.18. The van der Waals surface area contributed by atoms with Crippen LogP contribution in [0, 0.1) is 0 Å². The van der Waals surface area contributed by atoms with E-state index in [1.54, 1.807) is 7.11 Å². The summed E-state index contributed by atoms with van der Waals surface area (Å²) >= 11 is 1.89. The van der Waals surface area contributed by atoms with Crippen molar-refractivity contribution in [2.24, 2.45) is 0 Å². The van der Waals surface area contributed by atoms with E-state index in [0.717, 1.165) is 36.2 Å². The Bertz CT molecular complexity index is 369. The molecular weight excluding hydrogens is 258 g/mol. The first-order valence-corrected chi connectivity index (χ1v) is 7.93. The van der Waals surface area contributed by atoms with E-state index in [-0.39, 0.29) is 0 Å². The summed E-state index contributed by atoms with van der Waals surface area (Å²) in [5, 5.41) is 3.42. The Balaban J connectivity index is 2.66. The molecule has 3 nitrogen and oxygen atoms in total. The molecule has 19 heavy (non-hydrogen) atoms. The van der Waals surface area contributed by atoms with Gasteiger partial charge in [0, 0.05) is 30.0 Å². The quantitative estimate of drug-likeness (QED) is 0.704. The molecule has 0 saturated carbocycles. The molecule has 0 saturated heterocycles. The van der Waals surface area contributed by atoms with Crippen LogP contribution in [0.2, 0.25) is 0 Å². The molecule has 0 heterocycles. The number of hydrogen-bond donors (Lipinski definition) is 1. The zero-order valence-corrected chi connectivity index (χ0v) is 13.2. The van der Waals surface area contributed by atoms with Crippen molar-refractivity contribution in [2.45, 2.75) is 33.4 Å². The van der Waals surface area contributed by atoms with Gasteiger partial charge >= 0.3 is 0 Å². The maximum Gasteiger partial charge on any atom is 0.127 e. The lowest BCUT2D eigenvalue weighted by molar-refractivity contribution is 0.334. The van der Waals surface area contributed by atoms with E-state index in [1.165, 1.54) is 5.56 Å². The van der Waals surface area contributed by atoms with Crippen LogP contribution in [0.3, 0.4) is 0 Å². The zero-order valence-electron chi connectivity index (χ0n) is 12.4. The van der Waals surface area contributed by atoms with Crippen molar-refractivity contribution in [3.63, 3.8) is 0 Å². The molecule has 108 valence electrons. The van der Waals surface area contributed by atoms with E-state index in [2.05, 4.69) is 32.2 Å². The highest BCUT2D eigenvalue weighted by Gasteiger charge is 2.06. The number of benzene rings is 1. The number of thioether (sulfide) groups is 1. The van der Waals surface area contributed by atoms with E-state index >= 15 is 0 Å². The predicted octanol–water partition coefficient (Wildman–Crippen LogP) is 3.33. The van der Waals surface area contributed by atoms with Gasteiger partial charge in [-0.3, -0.25) is 0 Å². The van der Waals surface area contributed by atoms with Gasteiger partial charge in [-0.2, -0.15) is 11.8 Å². The van der Waals surface area contributed by atoms with Crippen LogP contribution in [0.1, 0.15) is 26.3 Å². The van der Waals surface area contributed by atoms with Crippen molar-refractivity contribution in [3.8, 4) is 11.5 Å². The summed E-state index contributed by atoms with van der Waals surface area (Å²) < 4.78 is 11.1. The van der Waals surface area contributed by atoms with Crippen LogP contribution in [0.15, 0.2) is 18.2 Å². The highest BCUT2D eigenvalue weighted by molar-refractivity contribution is 7.99. The van der Waals surface area contributed by atoms with Crippen molar-refractivity contribution in [3.05, 3.63) is 23.8 Å². The van der Waals surface area contributed by atoms with Gasteiger partial charge in [-0.25, -0.2) is 0 Å². The first-order valence-electron chi connectivity index (χ1n) is 6.78. The van der Waals surface area contributed by atoms with Crippen molar-refractivity contribution < 1.29 is 9.47 Å². The summed E-state index contributed by atoms with van der Waals surface area (Å²) in [6.45, 7) is 8.00. The van der Waals surface area contributed by atoms with Gasteiger partial charge in [0.25, 0.3) is 0 Å². The summed E-state index contributed by atoms with van der Waals surface area (Å²) in [4.78, 5) is 0. The third kappa shape index (κ3) is 6.21. The molecule has 0 aromatic heterocycles. The predicted molar refractivity (Wildman–Crippen MR) is 83.5 cm³/mol.